The molecule has 0 saturated carbocycles. The van der Waals surface area contributed by atoms with Crippen LogP contribution in [-0.2, 0) is 0 Å². The van der Waals surface area contributed by atoms with Crippen molar-refractivity contribution in [3.05, 3.63) is 36.4 Å². The van der Waals surface area contributed by atoms with Gasteiger partial charge in [-0.15, -0.1) is 0 Å². The highest BCUT2D eigenvalue weighted by Crippen LogP contribution is 2.17. The van der Waals surface area contributed by atoms with Crippen LogP contribution in [-0.4, -0.2) is 6.10 Å². The Morgan fingerprint density at radius 3 is 2.72 bits per heavy atom. The normalized spacial score (nSPS) is 12.1. The molecule has 1 aromatic carbocycles. The summed E-state index contributed by atoms with van der Waals surface area (Å²) >= 11 is 0. The minimum absolute atomic E-state index is 0.298. The Morgan fingerprint density at radius 1 is 1.22 bits per heavy atom. The molecule has 1 atom stereocenters. The summed E-state index contributed by atoms with van der Waals surface area (Å²) in [7, 11) is 0. The molecule has 0 aliphatic rings. The van der Waals surface area contributed by atoms with Gasteiger partial charge in [-0.2, -0.15) is 0 Å². The van der Waals surface area contributed by atoms with Crippen LogP contribution in [0.3, 0.4) is 0 Å². The lowest BCUT2D eigenvalue weighted by molar-refractivity contribution is 0.206. The summed E-state index contributed by atoms with van der Waals surface area (Å²) in [6.07, 6.45) is 9.90. The highest BCUT2D eigenvalue weighted by atomic mass is 16.5. The minimum atomic E-state index is 0.298. The third-order valence-electron chi connectivity index (χ3n) is 3.15. The van der Waals surface area contributed by atoms with E-state index in [0.29, 0.717) is 6.10 Å². The lowest BCUT2D eigenvalue weighted by Gasteiger charge is -2.15. The predicted molar refractivity (Wildman–Crippen MR) is 80.0 cm³/mol. The predicted octanol–water partition coefficient (Wildman–Crippen LogP) is 5.46. The Bertz CT molecular complexity index is 343. The van der Waals surface area contributed by atoms with Gasteiger partial charge in [0, 0.05) is 0 Å². The fourth-order valence-electron chi connectivity index (χ4n) is 2.04. The van der Waals surface area contributed by atoms with Crippen molar-refractivity contribution in [1.29, 1.82) is 0 Å². The van der Waals surface area contributed by atoms with Crippen LogP contribution < -0.4 is 4.74 Å². The summed E-state index contributed by atoms with van der Waals surface area (Å²) in [5, 5.41) is 0. The summed E-state index contributed by atoms with van der Waals surface area (Å²) in [6.45, 7) is 8.18. The van der Waals surface area contributed by atoms with Crippen LogP contribution in [0.25, 0.3) is 6.08 Å². The molecule has 1 heteroatoms. The first-order valence-corrected chi connectivity index (χ1v) is 7.15. The summed E-state index contributed by atoms with van der Waals surface area (Å²) in [6, 6.07) is 8.11. The largest absolute Gasteiger partial charge is 0.491 e. The second kappa shape index (κ2) is 8.79. The van der Waals surface area contributed by atoms with Crippen LogP contribution in [0.15, 0.2) is 30.8 Å². The molecule has 18 heavy (non-hydrogen) atoms. The second-order valence-electron chi connectivity index (χ2n) is 4.91. The first kappa shape index (κ1) is 14.8. The molecule has 0 fully saturated rings. The second-order valence-corrected chi connectivity index (χ2v) is 4.91. The Labute approximate surface area is 112 Å². The molecule has 0 aliphatic carbocycles. The van der Waals surface area contributed by atoms with Gasteiger partial charge in [-0.05, 0) is 37.5 Å². The molecule has 0 N–H and O–H groups in total. The van der Waals surface area contributed by atoms with Crippen molar-refractivity contribution in [2.75, 3.05) is 0 Å². The maximum absolute atomic E-state index is 5.92. The molecular formula is C17H26O. The van der Waals surface area contributed by atoms with E-state index in [1.165, 1.54) is 32.1 Å². The molecule has 0 heterocycles. The zero-order chi connectivity index (χ0) is 13.2. The van der Waals surface area contributed by atoms with E-state index in [4.69, 9.17) is 4.74 Å². The smallest absolute Gasteiger partial charge is 0.120 e. The third-order valence-corrected chi connectivity index (χ3v) is 3.15. The minimum Gasteiger partial charge on any atom is -0.491 e. The first-order valence-electron chi connectivity index (χ1n) is 7.15. The van der Waals surface area contributed by atoms with Gasteiger partial charge in [-0.1, -0.05) is 57.4 Å². The molecule has 0 saturated heterocycles. The van der Waals surface area contributed by atoms with Crippen LogP contribution >= 0.6 is 0 Å². The highest BCUT2D eigenvalue weighted by Gasteiger charge is 2.04. The molecule has 0 aromatic heterocycles. The van der Waals surface area contributed by atoms with Crippen LogP contribution in [0.1, 0.15) is 57.9 Å². The topological polar surface area (TPSA) is 9.23 Å². The Morgan fingerprint density at radius 2 is 2.00 bits per heavy atom. The SMILES string of the molecule is C=Cc1cccc(OC(C)CCCCCCC)c1. The lowest BCUT2D eigenvalue weighted by atomic mass is 10.1. The summed E-state index contributed by atoms with van der Waals surface area (Å²) < 4.78 is 5.92. The molecule has 0 bridgehead atoms. The van der Waals surface area contributed by atoms with Crippen LogP contribution in [0.2, 0.25) is 0 Å². The third kappa shape index (κ3) is 5.90. The van der Waals surface area contributed by atoms with E-state index in [1.807, 2.05) is 30.3 Å². The van der Waals surface area contributed by atoms with E-state index < -0.39 is 0 Å². The van der Waals surface area contributed by atoms with Crippen LogP contribution in [0, 0.1) is 0 Å². The van der Waals surface area contributed by atoms with Gasteiger partial charge < -0.3 is 4.74 Å². The van der Waals surface area contributed by atoms with Crippen molar-refractivity contribution in [1.82, 2.24) is 0 Å². The van der Waals surface area contributed by atoms with Gasteiger partial charge in [0.1, 0.15) is 5.75 Å². The zero-order valence-electron chi connectivity index (χ0n) is 11.8. The molecule has 1 nitrogen and oxygen atoms in total. The average molecular weight is 246 g/mol. The van der Waals surface area contributed by atoms with Gasteiger partial charge in [0.15, 0.2) is 0 Å². The Hall–Kier alpha value is -1.24. The van der Waals surface area contributed by atoms with Crippen LogP contribution in [0.4, 0.5) is 0 Å². The number of hydrogen-bond donors (Lipinski definition) is 0. The molecule has 0 radical (unpaired) electrons. The standard InChI is InChI=1S/C17H26O/c1-4-6-7-8-9-11-15(3)18-17-13-10-12-16(5-2)14-17/h5,10,12-15H,2,4,6-9,11H2,1,3H3. The molecule has 1 rings (SSSR count). The highest BCUT2D eigenvalue weighted by molar-refractivity contribution is 5.49. The summed E-state index contributed by atoms with van der Waals surface area (Å²) in [5.74, 6) is 0.952. The number of unbranched alkanes of at least 4 members (excludes halogenated alkanes) is 4. The quantitative estimate of drug-likeness (QED) is 0.526. The molecule has 1 unspecified atom stereocenters. The van der Waals surface area contributed by atoms with Gasteiger partial charge in [-0.3, -0.25) is 0 Å². The van der Waals surface area contributed by atoms with Gasteiger partial charge in [-0.25, -0.2) is 0 Å². The lowest BCUT2D eigenvalue weighted by Crippen LogP contribution is -2.11. The van der Waals surface area contributed by atoms with Crippen molar-refractivity contribution in [2.24, 2.45) is 0 Å². The van der Waals surface area contributed by atoms with Crippen LogP contribution in [0.5, 0.6) is 5.75 Å². The number of ether oxygens (including phenoxy) is 1. The molecule has 0 aliphatic heterocycles. The van der Waals surface area contributed by atoms with E-state index in [9.17, 15) is 0 Å². The summed E-state index contributed by atoms with van der Waals surface area (Å²) in [5.41, 5.74) is 1.11. The number of rotatable bonds is 9. The van der Waals surface area contributed by atoms with Gasteiger partial charge in [0.2, 0.25) is 0 Å². The molecule has 1 aromatic rings. The van der Waals surface area contributed by atoms with E-state index in [0.717, 1.165) is 17.7 Å². The maximum atomic E-state index is 5.92. The average Bonchev–Trinajstić information content (AvgIpc) is 2.38. The molecular weight excluding hydrogens is 220 g/mol. The molecule has 100 valence electrons. The fraction of sp³-hybridized carbons (Fsp3) is 0.529. The Balaban J connectivity index is 2.26. The number of benzene rings is 1. The molecule has 0 spiro atoms. The van der Waals surface area contributed by atoms with Crippen molar-refractivity contribution in [3.8, 4) is 5.75 Å². The molecule has 0 amide bonds. The van der Waals surface area contributed by atoms with E-state index in [2.05, 4.69) is 20.4 Å². The maximum Gasteiger partial charge on any atom is 0.120 e. The van der Waals surface area contributed by atoms with Crippen molar-refractivity contribution in [2.45, 2.75) is 58.5 Å². The van der Waals surface area contributed by atoms with E-state index >= 15 is 0 Å². The zero-order valence-corrected chi connectivity index (χ0v) is 11.8. The summed E-state index contributed by atoms with van der Waals surface area (Å²) in [4.78, 5) is 0. The van der Waals surface area contributed by atoms with Gasteiger partial charge in [0.05, 0.1) is 6.10 Å². The Kier molecular flexibility index (Phi) is 7.24. The van der Waals surface area contributed by atoms with Crippen molar-refractivity contribution >= 4 is 6.08 Å². The number of hydrogen-bond acceptors (Lipinski definition) is 1. The van der Waals surface area contributed by atoms with E-state index in [-0.39, 0.29) is 0 Å². The van der Waals surface area contributed by atoms with Crippen molar-refractivity contribution in [3.63, 3.8) is 0 Å². The van der Waals surface area contributed by atoms with Gasteiger partial charge >= 0.3 is 0 Å². The fourth-order valence-corrected chi connectivity index (χ4v) is 2.04. The van der Waals surface area contributed by atoms with Gasteiger partial charge in [0.25, 0.3) is 0 Å². The van der Waals surface area contributed by atoms with Crippen molar-refractivity contribution < 1.29 is 4.74 Å². The van der Waals surface area contributed by atoms with E-state index in [1.54, 1.807) is 0 Å². The monoisotopic (exact) mass is 246 g/mol. The first-order chi connectivity index (χ1) is 8.76.